The van der Waals surface area contributed by atoms with E-state index in [0.29, 0.717) is 26.7 Å². The van der Waals surface area contributed by atoms with Gasteiger partial charge in [-0.1, -0.05) is 40.9 Å². The summed E-state index contributed by atoms with van der Waals surface area (Å²) in [6.45, 7) is 1.89. The Bertz CT molecular complexity index is 541. The fourth-order valence-corrected chi connectivity index (χ4v) is 1.85. The second-order valence-electron chi connectivity index (χ2n) is 3.28. The Hall–Kier alpha value is -0.830. The summed E-state index contributed by atoms with van der Waals surface area (Å²) in [5.74, 6) is 0. The molecular weight excluding hydrogens is 266 g/mol. The topological polar surface area (TPSA) is 25.8 Å². The highest BCUT2D eigenvalue weighted by molar-refractivity contribution is 6.34. The number of aryl methyl sites for hydroxylation is 1. The summed E-state index contributed by atoms with van der Waals surface area (Å²) in [6, 6.07) is 7.16. The molecular formula is C11H7Cl3N2. The second kappa shape index (κ2) is 4.58. The minimum absolute atomic E-state index is 0.319. The van der Waals surface area contributed by atoms with Crippen molar-refractivity contribution in [1.29, 1.82) is 0 Å². The molecule has 2 aromatic rings. The Kier molecular flexibility index (Phi) is 3.33. The molecule has 0 atom stereocenters. The fraction of sp³-hybridized carbons (Fsp3) is 0.0909. The molecule has 0 spiro atoms. The molecule has 0 fully saturated rings. The zero-order valence-corrected chi connectivity index (χ0v) is 10.6. The molecule has 0 radical (unpaired) electrons. The van der Waals surface area contributed by atoms with Gasteiger partial charge in [-0.25, -0.2) is 9.97 Å². The molecule has 0 amide bonds. The van der Waals surface area contributed by atoms with Gasteiger partial charge in [0.15, 0.2) is 0 Å². The molecule has 5 heteroatoms. The van der Waals surface area contributed by atoms with Gasteiger partial charge in [-0.05, 0) is 30.7 Å². The van der Waals surface area contributed by atoms with Crippen molar-refractivity contribution in [1.82, 2.24) is 9.97 Å². The Morgan fingerprint density at radius 1 is 0.875 bits per heavy atom. The molecule has 0 aliphatic heterocycles. The Morgan fingerprint density at radius 3 is 2.25 bits per heavy atom. The summed E-state index contributed by atoms with van der Waals surface area (Å²) in [6.07, 6.45) is 0. The van der Waals surface area contributed by atoms with Crippen molar-refractivity contribution < 1.29 is 0 Å². The van der Waals surface area contributed by atoms with E-state index >= 15 is 0 Å². The first kappa shape index (κ1) is 11.6. The van der Waals surface area contributed by atoms with Crippen LogP contribution in [0, 0.1) is 6.92 Å². The van der Waals surface area contributed by atoms with Crippen LogP contribution in [0.4, 0.5) is 0 Å². The van der Waals surface area contributed by atoms with Crippen LogP contribution >= 0.6 is 34.8 Å². The maximum Gasteiger partial charge on any atom is 0.140 e. The van der Waals surface area contributed by atoms with Crippen molar-refractivity contribution in [3.05, 3.63) is 45.3 Å². The Balaban J connectivity index is 2.54. The van der Waals surface area contributed by atoms with E-state index in [9.17, 15) is 0 Å². The van der Waals surface area contributed by atoms with Crippen molar-refractivity contribution in [2.45, 2.75) is 6.92 Å². The lowest BCUT2D eigenvalue weighted by molar-refractivity contribution is 1.25. The Morgan fingerprint density at radius 2 is 1.62 bits per heavy atom. The van der Waals surface area contributed by atoms with Crippen LogP contribution in [0.5, 0.6) is 0 Å². The number of pyridine rings is 2. The van der Waals surface area contributed by atoms with Gasteiger partial charge >= 0.3 is 0 Å². The highest BCUT2D eigenvalue weighted by Gasteiger charge is 2.08. The molecule has 2 rings (SSSR count). The number of nitrogens with zero attached hydrogens (tertiary/aromatic N) is 2. The van der Waals surface area contributed by atoms with E-state index in [4.69, 9.17) is 34.8 Å². The maximum absolute atomic E-state index is 5.98. The number of halogens is 3. The van der Waals surface area contributed by atoms with Crippen LogP contribution in [0.25, 0.3) is 11.3 Å². The minimum atomic E-state index is 0.319. The first-order chi connectivity index (χ1) is 7.58. The summed E-state index contributed by atoms with van der Waals surface area (Å²) in [4.78, 5) is 8.18. The third kappa shape index (κ3) is 2.29. The van der Waals surface area contributed by atoms with Crippen molar-refractivity contribution in [3.8, 4) is 11.3 Å². The third-order valence-corrected chi connectivity index (χ3v) is 3.01. The zero-order chi connectivity index (χ0) is 11.7. The highest BCUT2D eigenvalue weighted by Crippen LogP contribution is 2.27. The normalized spacial score (nSPS) is 10.5. The summed E-state index contributed by atoms with van der Waals surface area (Å²) >= 11 is 17.6. The third-order valence-electron chi connectivity index (χ3n) is 2.13. The van der Waals surface area contributed by atoms with Crippen molar-refractivity contribution >= 4 is 34.8 Å². The molecule has 0 aliphatic rings. The van der Waals surface area contributed by atoms with Gasteiger partial charge in [0.1, 0.15) is 15.5 Å². The molecule has 82 valence electrons. The smallest absolute Gasteiger partial charge is 0.140 e. The lowest BCUT2D eigenvalue weighted by Crippen LogP contribution is -1.89. The number of rotatable bonds is 1. The van der Waals surface area contributed by atoms with E-state index in [1.165, 1.54) is 0 Å². The van der Waals surface area contributed by atoms with Gasteiger partial charge in [0.05, 0.1) is 5.69 Å². The summed E-state index contributed by atoms with van der Waals surface area (Å²) in [7, 11) is 0. The van der Waals surface area contributed by atoms with E-state index in [1.807, 2.05) is 19.1 Å². The molecule has 2 heterocycles. The van der Waals surface area contributed by atoms with Crippen LogP contribution in [0.2, 0.25) is 15.5 Å². The largest absolute Gasteiger partial charge is 0.236 e. The minimum Gasteiger partial charge on any atom is -0.236 e. The quantitative estimate of drug-likeness (QED) is 0.719. The molecule has 16 heavy (non-hydrogen) atoms. The molecule has 2 nitrogen and oxygen atoms in total. The summed E-state index contributed by atoms with van der Waals surface area (Å²) in [5.41, 5.74) is 2.32. The first-order valence-electron chi connectivity index (χ1n) is 4.53. The van der Waals surface area contributed by atoms with Crippen LogP contribution in [0.15, 0.2) is 24.3 Å². The average Bonchev–Trinajstić information content (AvgIpc) is 2.22. The lowest BCUT2D eigenvalue weighted by atomic mass is 10.2. The van der Waals surface area contributed by atoms with Gasteiger partial charge in [0, 0.05) is 5.56 Å². The number of hydrogen-bond acceptors (Lipinski definition) is 2. The zero-order valence-electron chi connectivity index (χ0n) is 8.34. The summed E-state index contributed by atoms with van der Waals surface area (Å²) < 4.78 is 0. The van der Waals surface area contributed by atoms with Gasteiger partial charge in [-0.2, -0.15) is 0 Å². The van der Waals surface area contributed by atoms with Crippen molar-refractivity contribution in [2.24, 2.45) is 0 Å². The Labute approximate surface area is 108 Å². The van der Waals surface area contributed by atoms with Gasteiger partial charge in [0.2, 0.25) is 0 Å². The number of aromatic nitrogens is 2. The van der Waals surface area contributed by atoms with Crippen LogP contribution in [0.3, 0.4) is 0 Å². The van der Waals surface area contributed by atoms with Crippen LogP contribution in [0.1, 0.15) is 5.56 Å². The summed E-state index contributed by atoms with van der Waals surface area (Å²) in [5, 5.41) is 1.13. The van der Waals surface area contributed by atoms with E-state index in [-0.39, 0.29) is 0 Å². The second-order valence-corrected chi connectivity index (χ2v) is 4.38. The predicted molar refractivity (Wildman–Crippen MR) is 67.2 cm³/mol. The number of hydrogen-bond donors (Lipinski definition) is 0. The molecule has 0 unspecified atom stereocenters. The fourth-order valence-electron chi connectivity index (χ4n) is 1.26. The van der Waals surface area contributed by atoms with Gasteiger partial charge in [0.25, 0.3) is 0 Å². The van der Waals surface area contributed by atoms with Gasteiger partial charge < -0.3 is 0 Å². The monoisotopic (exact) mass is 272 g/mol. The molecule has 0 saturated heterocycles. The van der Waals surface area contributed by atoms with E-state index < -0.39 is 0 Å². The molecule has 0 N–H and O–H groups in total. The average molecular weight is 274 g/mol. The van der Waals surface area contributed by atoms with Crippen molar-refractivity contribution in [2.75, 3.05) is 0 Å². The predicted octanol–water partition coefficient (Wildman–Crippen LogP) is 4.41. The standard InChI is InChI=1S/C11H7Cl3N2/c1-6-2-4-8(15-10(6)13)7-3-5-9(12)16-11(7)14/h2-5H,1H3. The van der Waals surface area contributed by atoms with E-state index in [2.05, 4.69) is 9.97 Å². The van der Waals surface area contributed by atoms with E-state index in [1.54, 1.807) is 12.1 Å². The van der Waals surface area contributed by atoms with Gasteiger partial charge in [-0.15, -0.1) is 0 Å². The molecule has 0 aromatic carbocycles. The van der Waals surface area contributed by atoms with Crippen molar-refractivity contribution in [3.63, 3.8) is 0 Å². The molecule has 0 bridgehead atoms. The van der Waals surface area contributed by atoms with Crippen LogP contribution < -0.4 is 0 Å². The lowest BCUT2D eigenvalue weighted by Gasteiger charge is -2.05. The molecule has 2 aromatic heterocycles. The highest BCUT2D eigenvalue weighted by atomic mass is 35.5. The van der Waals surface area contributed by atoms with Gasteiger partial charge in [-0.3, -0.25) is 0 Å². The molecule has 0 aliphatic carbocycles. The van der Waals surface area contributed by atoms with Crippen LogP contribution in [-0.4, -0.2) is 9.97 Å². The first-order valence-corrected chi connectivity index (χ1v) is 5.67. The van der Waals surface area contributed by atoms with Crippen LogP contribution in [-0.2, 0) is 0 Å². The maximum atomic E-state index is 5.98. The van der Waals surface area contributed by atoms with E-state index in [0.717, 1.165) is 5.56 Å². The molecule has 0 saturated carbocycles. The SMILES string of the molecule is Cc1ccc(-c2ccc(Cl)nc2Cl)nc1Cl.